The highest BCUT2D eigenvalue weighted by Gasteiger charge is 2.23. The van der Waals surface area contributed by atoms with Crippen LogP contribution in [0.25, 0.3) is 5.65 Å². The van der Waals surface area contributed by atoms with Crippen LogP contribution in [0.4, 0.5) is 0 Å². The third-order valence-electron chi connectivity index (χ3n) is 3.52. The van der Waals surface area contributed by atoms with Crippen molar-refractivity contribution in [2.24, 2.45) is 0 Å². The number of carbonyl (C=O) groups is 1. The Balaban J connectivity index is 1.80. The molecule has 3 heterocycles. The van der Waals surface area contributed by atoms with Gasteiger partial charge in [-0.3, -0.25) is 9.20 Å². The number of likely N-dealkylation sites (tertiary alicyclic amines) is 1. The molecule has 0 bridgehead atoms. The molecule has 0 aromatic carbocycles. The van der Waals surface area contributed by atoms with E-state index in [0.717, 1.165) is 12.8 Å². The fourth-order valence-corrected chi connectivity index (χ4v) is 2.48. The molecule has 1 aliphatic heterocycles. The van der Waals surface area contributed by atoms with E-state index in [0.29, 0.717) is 18.7 Å². The molecule has 0 radical (unpaired) electrons. The fourth-order valence-electron chi connectivity index (χ4n) is 2.48. The second kappa shape index (κ2) is 5.09. The van der Waals surface area contributed by atoms with Crippen LogP contribution in [0.1, 0.15) is 12.8 Å². The number of pyridine rings is 1. The van der Waals surface area contributed by atoms with Crippen LogP contribution in [0.3, 0.4) is 0 Å². The average molecular weight is 276 g/mol. The summed E-state index contributed by atoms with van der Waals surface area (Å²) in [6.45, 7) is 0.867. The minimum Gasteiger partial charge on any atom is -0.391 e. The minimum atomic E-state index is -0.467. The molecule has 0 unspecified atom stereocenters. The lowest BCUT2D eigenvalue weighted by Gasteiger charge is -2.29. The zero-order valence-electron chi connectivity index (χ0n) is 11.0. The maximum Gasteiger partial charge on any atom is 0.350 e. The second-order valence-corrected chi connectivity index (χ2v) is 5.00. The Kier molecular flexibility index (Phi) is 3.27. The lowest BCUT2D eigenvalue weighted by Crippen LogP contribution is -2.44. The van der Waals surface area contributed by atoms with Crippen molar-refractivity contribution in [1.29, 1.82) is 0 Å². The van der Waals surface area contributed by atoms with Gasteiger partial charge in [0, 0.05) is 19.3 Å². The van der Waals surface area contributed by atoms with Crippen LogP contribution < -0.4 is 5.69 Å². The molecule has 1 fully saturated rings. The first-order valence-corrected chi connectivity index (χ1v) is 6.65. The zero-order chi connectivity index (χ0) is 14.1. The van der Waals surface area contributed by atoms with Gasteiger partial charge in [0.05, 0.1) is 6.10 Å². The van der Waals surface area contributed by atoms with E-state index in [1.54, 1.807) is 29.3 Å². The monoisotopic (exact) mass is 276 g/mol. The quantitative estimate of drug-likeness (QED) is 0.800. The average Bonchev–Trinajstić information content (AvgIpc) is 2.76. The van der Waals surface area contributed by atoms with Crippen molar-refractivity contribution in [2.75, 3.05) is 13.1 Å². The molecule has 0 saturated carbocycles. The van der Waals surface area contributed by atoms with Crippen LogP contribution in [-0.2, 0) is 11.3 Å². The van der Waals surface area contributed by atoms with Crippen molar-refractivity contribution < 1.29 is 9.90 Å². The summed E-state index contributed by atoms with van der Waals surface area (Å²) in [5, 5.41) is 13.7. The largest absolute Gasteiger partial charge is 0.391 e. The number of β-amino-alcohol motifs (C(OH)–C–C–N with tert-alkyl or cyclic N) is 1. The molecule has 1 atom stereocenters. The van der Waals surface area contributed by atoms with Crippen LogP contribution in [-0.4, -0.2) is 49.3 Å². The fraction of sp³-hybridized carbons (Fsp3) is 0.462. The highest BCUT2D eigenvalue weighted by atomic mass is 16.3. The highest BCUT2D eigenvalue weighted by Crippen LogP contribution is 2.10. The summed E-state index contributed by atoms with van der Waals surface area (Å²) in [5.74, 6) is -0.186. The first kappa shape index (κ1) is 12.9. The number of rotatable bonds is 2. The predicted molar refractivity (Wildman–Crippen MR) is 71.3 cm³/mol. The van der Waals surface area contributed by atoms with Gasteiger partial charge in [-0.15, -0.1) is 5.10 Å². The van der Waals surface area contributed by atoms with Crippen molar-refractivity contribution in [3.8, 4) is 0 Å². The van der Waals surface area contributed by atoms with E-state index in [1.807, 2.05) is 0 Å². The van der Waals surface area contributed by atoms with Crippen LogP contribution in [0.2, 0.25) is 0 Å². The SMILES string of the molecule is O=C(Cn1nc2ccccn2c1=O)N1CCC[C@H](O)C1. The number of nitrogens with zero attached hydrogens (tertiary/aromatic N) is 4. The Labute approximate surface area is 115 Å². The first-order chi connectivity index (χ1) is 9.65. The maximum absolute atomic E-state index is 12.1. The lowest BCUT2D eigenvalue weighted by atomic mass is 10.1. The Bertz CT molecular complexity index is 690. The topological polar surface area (TPSA) is 79.8 Å². The van der Waals surface area contributed by atoms with Crippen LogP contribution in [0, 0.1) is 0 Å². The smallest absolute Gasteiger partial charge is 0.350 e. The molecule has 20 heavy (non-hydrogen) atoms. The van der Waals surface area contributed by atoms with Crippen molar-refractivity contribution in [3.05, 3.63) is 34.9 Å². The van der Waals surface area contributed by atoms with E-state index >= 15 is 0 Å². The summed E-state index contributed by atoms with van der Waals surface area (Å²) < 4.78 is 2.57. The molecular weight excluding hydrogens is 260 g/mol. The van der Waals surface area contributed by atoms with Gasteiger partial charge < -0.3 is 10.0 Å². The predicted octanol–water partition coefficient (Wildman–Crippen LogP) is -0.521. The molecule has 1 saturated heterocycles. The number of aliphatic hydroxyl groups is 1. The molecule has 3 rings (SSSR count). The number of amides is 1. The van der Waals surface area contributed by atoms with Crippen LogP contribution in [0.5, 0.6) is 0 Å². The van der Waals surface area contributed by atoms with E-state index in [9.17, 15) is 14.7 Å². The van der Waals surface area contributed by atoms with Crippen molar-refractivity contribution in [1.82, 2.24) is 19.1 Å². The number of aliphatic hydroxyl groups excluding tert-OH is 1. The number of carbonyl (C=O) groups excluding carboxylic acids is 1. The first-order valence-electron chi connectivity index (χ1n) is 6.65. The van der Waals surface area contributed by atoms with Crippen LogP contribution in [0.15, 0.2) is 29.2 Å². The highest BCUT2D eigenvalue weighted by molar-refractivity contribution is 5.76. The summed E-state index contributed by atoms with van der Waals surface area (Å²) in [5.41, 5.74) is 0.190. The van der Waals surface area contributed by atoms with Gasteiger partial charge in [-0.2, -0.15) is 0 Å². The van der Waals surface area contributed by atoms with E-state index < -0.39 is 6.10 Å². The molecule has 1 amide bonds. The lowest BCUT2D eigenvalue weighted by molar-refractivity contribution is -0.135. The Morgan fingerprint density at radius 2 is 2.30 bits per heavy atom. The zero-order valence-corrected chi connectivity index (χ0v) is 11.0. The van der Waals surface area contributed by atoms with Gasteiger partial charge in [0.1, 0.15) is 6.54 Å². The maximum atomic E-state index is 12.1. The summed E-state index contributed by atoms with van der Waals surface area (Å²) in [6, 6.07) is 5.24. The van der Waals surface area contributed by atoms with Crippen molar-refractivity contribution in [3.63, 3.8) is 0 Å². The Morgan fingerprint density at radius 1 is 1.45 bits per heavy atom. The molecule has 7 heteroatoms. The minimum absolute atomic E-state index is 0.0900. The summed E-state index contributed by atoms with van der Waals surface area (Å²) in [4.78, 5) is 25.8. The molecule has 2 aromatic heterocycles. The van der Waals surface area contributed by atoms with Gasteiger partial charge in [0.2, 0.25) is 5.91 Å². The van der Waals surface area contributed by atoms with Crippen molar-refractivity contribution >= 4 is 11.6 Å². The van der Waals surface area contributed by atoms with Gasteiger partial charge in [0.25, 0.3) is 0 Å². The number of aromatic nitrogens is 3. The van der Waals surface area contributed by atoms with Gasteiger partial charge in [-0.25, -0.2) is 9.48 Å². The van der Waals surface area contributed by atoms with E-state index in [2.05, 4.69) is 5.10 Å². The third kappa shape index (κ3) is 2.32. The molecule has 2 aromatic rings. The van der Waals surface area contributed by atoms with E-state index in [-0.39, 0.29) is 18.1 Å². The van der Waals surface area contributed by atoms with Gasteiger partial charge >= 0.3 is 5.69 Å². The number of fused-ring (bicyclic) bond motifs is 1. The number of hydrogen-bond acceptors (Lipinski definition) is 4. The van der Waals surface area contributed by atoms with E-state index in [1.165, 1.54) is 9.08 Å². The van der Waals surface area contributed by atoms with Gasteiger partial charge in [0.15, 0.2) is 5.65 Å². The van der Waals surface area contributed by atoms with E-state index in [4.69, 9.17) is 0 Å². The molecule has 0 spiro atoms. The Hall–Kier alpha value is -2.15. The summed E-state index contributed by atoms with van der Waals surface area (Å²) in [6.07, 6.45) is 2.66. The standard InChI is InChI=1S/C13H16N4O3/c18-10-4-3-6-15(8-10)12(19)9-17-13(20)16-7-2-1-5-11(16)14-17/h1-2,5,7,10,18H,3-4,6,8-9H2/t10-/m0/s1. The molecule has 106 valence electrons. The molecular formula is C13H16N4O3. The van der Waals surface area contributed by atoms with Gasteiger partial charge in [-0.1, -0.05) is 6.07 Å². The van der Waals surface area contributed by atoms with Crippen molar-refractivity contribution in [2.45, 2.75) is 25.5 Å². The molecule has 7 nitrogen and oxygen atoms in total. The summed E-state index contributed by atoms with van der Waals surface area (Å²) >= 11 is 0. The number of hydrogen-bond donors (Lipinski definition) is 1. The van der Waals surface area contributed by atoms with Crippen LogP contribution >= 0.6 is 0 Å². The Morgan fingerprint density at radius 3 is 3.05 bits per heavy atom. The number of piperidine rings is 1. The third-order valence-corrected chi connectivity index (χ3v) is 3.52. The van der Waals surface area contributed by atoms with Gasteiger partial charge in [-0.05, 0) is 25.0 Å². The molecule has 1 N–H and O–H groups in total. The summed E-state index contributed by atoms with van der Waals surface area (Å²) in [7, 11) is 0. The molecule has 0 aliphatic carbocycles. The molecule has 1 aliphatic rings. The normalized spacial score (nSPS) is 19.4. The second-order valence-electron chi connectivity index (χ2n) is 5.00.